The molecule has 162 valence electrons. The number of fused-ring (bicyclic) bond motifs is 1. The second kappa shape index (κ2) is 9.53. The normalized spacial score (nSPS) is 25.3. The number of alkyl halides is 1. The van der Waals surface area contributed by atoms with Crippen molar-refractivity contribution in [3.63, 3.8) is 0 Å². The first-order chi connectivity index (χ1) is 14.5. The average Bonchev–Trinajstić information content (AvgIpc) is 3.42. The van der Waals surface area contributed by atoms with Gasteiger partial charge in [0.2, 0.25) is 5.04 Å². The van der Waals surface area contributed by atoms with Gasteiger partial charge in [0.15, 0.2) is 6.54 Å². The molecule has 1 fully saturated rings. The molecule has 2 aliphatic heterocycles. The molecular formula is C26H36ClN2S+. The van der Waals surface area contributed by atoms with Gasteiger partial charge < -0.3 is 4.90 Å². The van der Waals surface area contributed by atoms with E-state index < -0.39 is 0 Å². The average molecular weight is 444 g/mol. The summed E-state index contributed by atoms with van der Waals surface area (Å²) in [5.74, 6) is 0.961. The van der Waals surface area contributed by atoms with Crippen molar-refractivity contribution < 1.29 is 4.58 Å². The minimum atomic E-state index is 0.0290. The van der Waals surface area contributed by atoms with Gasteiger partial charge in [0.05, 0.1) is 0 Å². The summed E-state index contributed by atoms with van der Waals surface area (Å²) in [6, 6.07) is 8.97. The summed E-state index contributed by atoms with van der Waals surface area (Å²) >= 11 is 8.14. The first-order valence-corrected chi connectivity index (χ1v) is 13.0. The molecule has 0 radical (unpaired) electrons. The molecule has 4 heteroatoms. The predicted molar refractivity (Wildman–Crippen MR) is 133 cm³/mol. The Morgan fingerprint density at radius 3 is 2.77 bits per heavy atom. The number of allylic oxidation sites excluding steroid dienone is 3. The minimum Gasteiger partial charge on any atom is -0.344 e. The molecule has 1 aromatic rings. The highest BCUT2D eigenvalue weighted by Crippen LogP contribution is 2.47. The Morgan fingerprint density at radius 1 is 1.23 bits per heavy atom. The first-order valence-electron chi connectivity index (χ1n) is 11.7. The zero-order valence-corrected chi connectivity index (χ0v) is 20.3. The summed E-state index contributed by atoms with van der Waals surface area (Å²) in [6.07, 6.45) is 15.3. The molecule has 0 N–H and O–H groups in total. The van der Waals surface area contributed by atoms with Gasteiger partial charge in [-0.2, -0.15) is 0 Å². The highest BCUT2D eigenvalue weighted by Gasteiger charge is 2.39. The van der Waals surface area contributed by atoms with Crippen molar-refractivity contribution >= 4 is 34.1 Å². The van der Waals surface area contributed by atoms with Crippen LogP contribution < -0.4 is 4.90 Å². The molecule has 0 spiro atoms. The second-order valence-corrected chi connectivity index (χ2v) is 11.4. The van der Waals surface area contributed by atoms with Crippen LogP contribution in [0.1, 0.15) is 64.9 Å². The molecule has 2 nitrogen and oxygen atoms in total. The summed E-state index contributed by atoms with van der Waals surface area (Å²) in [4.78, 5) is 2.59. The molecule has 3 aliphatic rings. The molecular weight excluding hydrogens is 408 g/mol. The number of rotatable bonds is 7. The Balaban J connectivity index is 1.55. The molecule has 1 aromatic carbocycles. The van der Waals surface area contributed by atoms with Crippen molar-refractivity contribution in [1.82, 2.24) is 0 Å². The number of hydrogen-bond donors (Lipinski definition) is 0. The van der Waals surface area contributed by atoms with Crippen molar-refractivity contribution in [2.45, 2.75) is 69.4 Å². The van der Waals surface area contributed by atoms with Gasteiger partial charge in [-0.1, -0.05) is 63.8 Å². The fraction of sp³-hybridized carbons (Fsp3) is 0.577. The molecule has 0 aromatic heterocycles. The number of thioether (sulfide) groups is 1. The van der Waals surface area contributed by atoms with E-state index in [1.54, 1.807) is 11.8 Å². The number of para-hydroxylation sites is 1. The summed E-state index contributed by atoms with van der Waals surface area (Å²) in [5.41, 5.74) is 4.29. The standard InChI is InChI=1S/C26H36ClN2S/c1-4-28-19-24(27)30-25(28)17-9-16-23-26(2,3)21-14-7-8-15-22(21)29(23)18-10-13-20-11-5-6-12-20/h7-9,14-17,20,24H,4-6,10-13,18-19H2,1-3H3/q+1. The molecule has 1 aliphatic carbocycles. The van der Waals surface area contributed by atoms with E-state index in [-0.39, 0.29) is 10.1 Å². The summed E-state index contributed by atoms with van der Waals surface area (Å²) in [6.45, 7) is 10.00. The molecule has 2 heterocycles. The zero-order valence-electron chi connectivity index (χ0n) is 18.7. The molecule has 1 saturated carbocycles. The molecule has 1 atom stereocenters. The zero-order chi connectivity index (χ0) is 21.1. The van der Waals surface area contributed by atoms with E-state index in [4.69, 9.17) is 11.6 Å². The van der Waals surface area contributed by atoms with Gasteiger partial charge in [0.1, 0.15) is 11.3 Å². The molecule has 0 bridgehead atoms. The van der Waals surface area contributed by atoms with Gasteiger partial charge in [-0.15, -0.1) is 11.6 Å². The van der Waals surface area contributed by atoms with E-state index in [0.717, 1.165) is 25.6 Å². The smallest absolute Gasteiger partial charge is 0.236 e. The number of hydrogen-bond acceptors (Lipinski definition) is 2. The number of anilines is 1. The molecule has 0 saturated heterocycles. The third-order valence-electron chi connectivity index (χ3n) is 7.07. The van der Waals surface area contributed by atoms with E-state index >= 15 is 0 Å². The van der Waals surface area contributed by atoms with Crippen LogP contribution in [0.5, 0.6) is 0 Å². The van der Waals surface area contributed by atoms with Gasteiger partial charge in [0.25, 0.3) is 0 Å². The van der Waals surface area contributed by atoms with E-state index in [0.29, 0.717) is 0 Å². The third-order valence-corrected chi connectivity index (χ3v) is 8.51. The van der Waals surface area contributed by atoms with Gasteiger partial charge in [-0.3, -0.25) is 0 Å². The fourth-order valence-electron chi connectivity index (χ4n) is 5.38. The maximum atomic E-state index is 6.37. The lowest BCUT2D eigenvalue weighted by atomic mass is 9.84. The van der Waals surface area contributed by atoms with Crippen LogP contribution in [0.15, 0.2) is 48.2 Å². The van der Waals surface area contributed by atoms with E-state index in [1.165, 1.54) is 60.5 Å². The van der Waals surface area contributed by atoms with Crippen molar-refractivity contribution in [2.75, 3.05) is 24.5 Å². The van der Waals surface area contributed by atoms with Gasteiger partial charge in [-0.05, 0) is 55.2 Å². The number of halogens is 1. The van der Waals surface area contributed by atoms with E-state index in [2.05, 4.69) is 72.7 Å². The van der Waals surface area contributed by atoms with Gasteiger partial charge in [-0.25, -0.2) is 4.58 Å². The lowest BCUT2D eigenvalue weighted by molar-refractivity contribution is -0.514. The number of benzene rings is 1. The maximum absolute atomic E-state index is 6.37. The van der Waals surface area contributed by atoms with Crippen LogP contribution in [0.25, 0.3) is 0 Å². The summed E-state index contributed by atoms with van der Waals surface area (Å²) in [5, 5.41) is 1.29. The molecule has 0 amide bonds. The van der Waals surface area contributed by atoms with Crippen molar-refractivity contribution in [1.29, 1.82) is 0 Å². The Bertz CT molecular complexity index is 848. The largest absolute Gasteiger partial charge is 0.344 e. The lowest BCUT2D eigenvalue weighted by Crippen LogP contribution is -2.27. The van der Waals surface area contributed by atoms with Crippen molar-refractivity contribution in [3.8, 4) is 0 Å². The Hall–Kier alpha value is -1.19. The van der Waals surface area contributed by atoms with Crippen LogP contribution in [0.2, 0.25) is 0 Å². The van der Waals surface area contributed by atoms with Crippen LogP contribution in [0.4, 0.5) is 5.69 Å². The predicted octanol–water partition coefficient (Wildman–Crippen LogP) is 6.94. The Kier molecular flexibility index (Phi) is 6.99. The van der Waals surface area contributed by atoms with Crippen LogP contribution in [0, 0.1) is 5.92 Å². The van der Waals surface area contributed by atoms with Gasteiger partial charge in [0, 0.05) is 29.4 Å². The van der Waals surface area contributed by atoms with Gasteiger partial charge >= 0.3 is 0 Å². The highest BCUT2D eigenvalue weighted by molar-refractivity contribution is 8.15. The topological polar surface area (TPSA) is 6.25 Å². The molecule has 1 unspecified atom stereocenters. The quantitative estimate of drug-likeness (QED) is 0.332. The fourth-order valence-corrected chi connectivity index (χ4v) is 6.84. The van der Waals surface area contributed by atoms with Crippen LogP contribution >= 0.6 is 23.4 Å². The second-order valence-electron chi connectivity index (χ2n) is 9.40. The van der Waals surface area contributed by atoms with Crippen LogP contribution in [0.3, 0.4) is 0 Å². The van der Waals surface area contributed by atoms with E-state index in [1.807, 2.05) is 0 Å². The Morgan fingerprint density at radius 2 is 2.00 bits per heavy atom. The summed E-state index contributed by atoms with van der Waals surface area (Å²) < 4.78 is 2.53. The highest BCUT2D eigenvalue weighted by atomic mass is 35.5. The Labute approximate surface area is 192 Å². The molecule has 30 heavy (non-hydrogen) atoms. The lowest BCUT2D eigenvalue weighted by Gasteiger charge is -2.27. The monoisotopic (exact) mass is 443 g/mol. The third kappa shape index (κ3) is 4.53. The maximum Gasteiger partial charge on any atom is 0.236 e. The SMILES string of the molecule is CC[N+]1=C(/C=C/C=C2/N(CCCC3CCCC3)c3ccccc3C2(C)C)SC(Cl)C1. The first kappa shape index (κ1) is 22.0. The molecule has 4 rings (SSSR count). The number of nitrogens with zero attached hydrogens (tertiary/aromatic N) is 2. The van der Waals surface area contributed by atoms with Crippen molar-refractivity contribution in [3.05, 3.63) is 53.8 Å². The van der Waals surface area contributed by atoms with E-state index in [9.17, 15) is 0 Å². The van der Waals surface area contributed by atoms with Crippen LogP contribution in [-0.4, -0.2) is 34.0 Å². The van der Waals surface area contributed by atoms with Crippen molar-refractivity contribution in [2.24, 2.45) is 5.92 Å². The summed E-state index contributed by atoms with van der Waals surface area (Å²) in [7, 11) is 0. The minimum absolute atomic E-state index is 0.0290. The van der Waals surface area contributed by atoms with Crippen LogP contribution in [-0.2, 0) is 5.41 Å².